The number of benzene rings is 2. The average Bonchev–Trinajstić information content (AvgIpc) is 2.84. The monoisotopic (exact) mass is 517 g/mol. The smallest absolute Gasteiger partial charge is 0.407 e. The number of anilines is 2. The lowest BCUT2D eigenvalue weighted by atomic mass is 10.1. The van der Waals surface area contributed by atoms with Crippen molar-refractivity contribution < 1.29 is 14.3 Å². The average molecular weight is 518 g/mol. The standard InChI is InChI=1S/C28H28ClN5O3/c1-18-7-10-21(16-31-18)36-25-12-9-20(15-23(25)29)34-26-22-14-19(8-11-24(22)32-17-33-26)6-5-13-30-27(35)37-28(2,3)4/h5-12,14-17H,13H2,1-4H3,(H,30,35)(H,32,33,34)/b6-5+. The zero-order valence-corrected chi connectivity index (χ0v) is 21.8. The fourth-order valence-electron chi connectivity index (χ4n) is 3.37. The van der Waals surface area contributed by atoms with E-state index < -0.39 is 11.7 Å². The lowest BCUT2D eigenvalue weighted by Crippen LogP contribution is -2.32. The van der Waals surface area contributed by atoms with Crippen LogP contribution in [0.4, 0.5) is 16.3 Å². The number of pyridine rings is 1. The molecule has 0 aliphatic rings. The summed E-state index contributed by atoms with van der Waals surface area (Å²) in [6.07, 6.45) is 6.47. The van der Waals surface area contributed by atoms with E-state index in [9.17, 15) is 4.79 Å². The largest absolute Gasteiger partial charge is 0.454 e. The molecule has 9 heteroatoms. The molecule has 2 N–H and O–H groups in total. The molecule has 0 saturated heterocycles. The minimum Gasteiger partial charge on any atom is -0.454 e. The molecule has 37 heavy (non-hydrogen) atoms. The van der Waals surface area contributed by atoms with E-state index in [1.807, 2.05) is 76.2 Å². The molecular formula is C28H28ClN5O3. The summed E-state index contributed by atoms with van der Waals surface area (Å²) in [6, 6.07) is 15.0. The lowest BCUT2D eigenvalue weighted by Gasteiger charge is -2.19. The molecule has 0 atom stereocenters. The first-order chi connectivity index (χ1) is 17.7. The van der Waals surface area contributed by atoms with Crippen LogP contribution < -0.4 is 15.4 Å². The summed E-state index contributed by atoms with van der Waals surface area (Å²) >= 11 is 6.48. The predicted molar refractivity (Wildman–Crippen MR) is 147 cm³/mol. The minimum absolute atomic E-state index is 0.342. The fourth-order valence-corrected chi connectivity index (χ4v) is 3.59. The predicted octanol–water partition coefficient (Wildman–Crippen LogP) is 7.06. The van der Waals surface area contributed by atoms with Crippen molar-refractivity contribution in [3.05, 3.63) is 83.4 Å². The normalized spacial score (nSPS) is 11.5. The van der Waals surface area contributed by atoms with Gasteiger partial charge in [0.2, 0.25) is 0 Å². The summed E-state index contributed by atoms with van der Waals surface area (Å²) in [6.45, 7) is 7.73. The Kier molecular flexibility index (Phi) is 7.89. The number of hydrogen-bond donors (Lipinski definition) is 2. The number of aryl methyl sites for hydroxylation is 1. The number of nitrogens with one attached hydrogen (secondary N) is 2. The number of alkyl carbamates (subject to hydrolysis) is 1. The summed E-state index contributed by atoms with van der Waals surface area (Å²) < 4.78 is 11.1. The van der Waals surface area contributed by atoms with Gasteiger partial charge in [0.25, 0.3) is 0 Å². The van der Waals surface area contributed by atoms with Gasteiger partial charge >= 0.3 is 6.09 Å². The summed E-state index contributed by atoms with van der Waals surface area (Å²) in [4.78, 5) is 24.8. The highest BCUT2D eigenvalue weighted by atomic mass is 35.5. The first-order valence-electron chi connectivity index (χ1n) is 11.7. The van der Waals surface area contributed by atoms with Crippen molar-refractivity contribution in [3.8, 4) is 11.5 Å². The third-order valence-corrected chi connectivity index (χ3v) is 5.33. The van der Waals surface area contributed by atoms with Gasteiger partial charge in [-0.1, -0.05) is 29.8 Å². The number of carbonyl (C=O) groups excluding carboxylic acids is 1. The summed E-state index contributed by atoms with van der Waals surface area (Å²) in [5.41, 5.74) is 2.85. The summed E-state index contributed by atoms with van der Waals surface area (Å²) in [5, 5.41) is 7.31. The number of amides is 1. The van der Waals surface area contributed by atoms with E-state index in [1.54, 1.807) is 18.3 Å². The molecule has 0 aliphatic heterocycles. The second-order valence-electron chi connectivity index (χ2n) is 9.29. The molecular weight excluding hydrogens is 490 g/mol. The van der Waals surface area contributed by atoms with E-state index in [2.05, 4.69) is 25.6 Å². The molecule has 0 unspecified atom stereocenters. The maximum Gasteiger partial charge on any atom is 0.407 e. The highest BCUT2D eigenvalue weighted by Gasteiger charge is 2.15. The molecule has 2 heterocycles. The van der Waals surface area contributed by atoms with Gasteiger partial charge in [-0.05, 0) is 75.7 Å². The zero-order chi connectivity index (χ0) is 26.4. The van der Waals surface area contributed by atoms with Crippen molar-refractivity contribution in [2.75, 3.05) is 11.9 Å². The van der Waals surface area contributed by atoms with Gasteiger partial charge < -0.3 is 20.1 Å². The molecule has 0 saturated carbocycles. The van der Waals surface area contributed by atoms with E-state index in [1.165, 1.54) is 6.33 Å². The summed E-state index contributed by atoms with van der Waals surface area (Å²) in [7, 11) is 0. The van der Waals surface area contributed by atoms with Crippen LogP contribution in [-0.4, -0.2) is 33.2 Å². The maximum absolute atomic E-state index is 11.8. The Morgan fingerprint density at radius 3 is 2.62 bits per heavy atom. The maximum atomic E-state index is 11.8. The molecule has 190 valence electrons. The molecule has 0 bridgehead atoms. The van der Waals surface area contributed by atoms with E-state index in [0.29, 0.717) is 28.9 Å². The molecule has 0 aliphatic carbocycles. The molecule has 2 aromatic heterocycles. The molecule has 8 nitrogen and oxygen atoms in total. The molecule has 0 spiro atoms. The van der Waals surface area contributed by atoms with Crippen LogP contribution >= 0.6 is 11.6 Å². The quantitative estimate of drug-likeness (QED) is 0.270. The highest BCUT2D eigenvalue weighted by Crippen LogP contribution is 2.33. The number of aromatic nitrogens is 3. The second-order valence-corrected chi connectivity index (χ2v) is 9.70. The number of halogens is 1. The highest BCUT2D eigenvalue weighted by molar-refractivity contribution is 6.32. The van der Waals surface area contributed by atoms with E-state index in [-0.39, 0.29) is 0 Å². The van der Waals surface area contributed by atoms with Crippen LogP contribution in [0, 0.1) is 6.92 Å². The van der Waals surface area contributed by atoms with Crippen molar-refractivity contribution >= 4 is 46.2 Å². The van der Waals surface area contributed by atoms with Crippen LogP contribution in [0.3, 0.4) is 0 Å². The van der Waals surface area contributed by atoms with E-state index in [0.717, 1.165) is 27.8 Å². The third kappa shape index (κ3) is 7.41. The van der Waals surface area contributed by atoms with Crippen molar-refractivity contribution in [1.82, 2.24) is 20.3 Å². The number of rotatable bonds is 7. The molecule has 2 aromatic carbocycles. The van der Waals surface area contributed by atoms with Gasteiger partial charge in [-0.15, -0.1) is 0 Å². The zero-order valence-electron chi connectivity index (χ0n) is 21.1. The molecule has 4 rings (SSSR count). The van der Waals surface area contributed by atoms with Crippen molar-refractivity contribution in [3.63, 3.8) is 0 Å². The molecule has 0 fully saturated rings. The van der Waals surface area contributed by atoms with Gasteiger partial charge in [-0.25, -0.2) is 14.8 Å². The van der Waals surface area contributed by atoms with E-state index in [4.69, 9.17) is 21.1 Å². The van der Waals surface area contributed by atoms with Gasteiger partial charge in [0, 0.05) is 23.3 Å². The van der Waals surface area contributed by atoms with Gasteiger partial charge in [-0.3, -0.25) is 4.98 Å². The number of fused-ring (bicyclic) bond motifs is 1. The van der Waals surface area contributed by atoms with Crippen molar-refractivity contribution in [1.29, 1.82) is 0 Å². The van der Waals surface area contributed by atoms with Gasteiger partial charge in [0.15, 0.2) is 0 Å². The van der Waals surface area contributed by atoms with Crippen LogP contribution in [0.1, 0.15) is 32.0 Å². The SMILES string of the molecule is Cc1ccc(Oc2ccc(Nc3ncnc4ccc(/C=C/CNC(=O)OC(C)(C)C)cc34)cc2Cl)cn1. The minimum atomic E-state index is -0.536. The molecule has 1 amide bonds. The van der Waals surface area contributed by atoms with Crippen LogP contribution in [0.25, 0.3) is 17.0 Å². The van der Waals surface area contributed by atoms with Crippen LogP contribution in [0.5, 0.6) is 11.5 Å². The Morgan fingerprint density at radius 2 is 1.89 bits per heavy atom. The number of carbonyl (C=O) groups is 1. The summed E-state index contributed by atoms with van der Waals surface area (Å²) in [5.74, 6) is 1.77. The van der Waals surface area contributed by atoms with Crippen molar-refractivity contribution in [2.24, 2.45) is 0 Å². The molecule has 4 aromatic rings. The van der Waals surface area contributed by atoms with Gasteiger partial charge in [0.05, 0.1) is 16.7 Å². The molecule has 0 radical (unpaired) electrons. The fraction of sp³-hybridized carbons (Fsp3) is 0.214. The first kappa shape index (κ1) is 25.9. The number of hydrogen-bond acceptors (Lipinski definition) is 7. The Hall–Kier alpha value is -4.17. The van der Waals surface area contributed by atoms with Crippen LogP contribution in [0.2, 0.25) is 5.02 Å². The Labute approximate surface area is 220 Å². The number of ether oxygens (including phenoxy) is 2. The van der Waals surface area contributed by atoms with Gasteiger partial charge in [-0.2, -0.15) is 0 Å². The van der Waals surface area contributed by atoms with E-state index >= 15 is 0 Å². The lowest BCUT2D eigenvalue weighted by molar-refractivity contribution is 0.0534. The Morgan fingerprint density at radius 1 is 1.05 bits per heavy atom. The van der Waals surface area contributed by atoms with Crippen LogP contribution in [-0.2, 0) is 4.74 Å². The second kappa shape index (κ2) is 11.3. The first-order valence-corrected chi connectivity index (χ1v) is 12.1. The van der Waals surface area contributed by atoms with Crippen molar-refractivity contribution in [2.45, 2.75) is 33.3 Å². The Balaban J connectivity index is 1.46. The third-order valence-electron chi connectivity index (χ3n) is 5.04. The Bertz CT molecular complexity index is 1430. The van der Waals surface area contributed by atoms with Crippen LogP contribution in [0.15, 0.2) is 67.1 Å². The topological polar surface area (TPSA) is 98.3 Å². The van der Waals surface area contributed by atoms with Gasteiger partial charge in [0.1, 0.15) is 29.2 Å². The number of nitrogens with zero attached hydrogens (tertiary/aromatic N) is 3.